The number of nitrogens with zero attached hydrogens (tertiary/aromatic N) is 1. The Bertz CT molecular complexity index is 838. The van der Waals surface area contributed by atoms with Crippen LogP contribution in [0, 0.1) is 0 Å². The summed E-state index contributed by atoms with van der Waals surface area (Å²) in [6.07, 6.45) is 0.966. The fraction of sp³-hybridized carbons (Fsp3) is 0.300. The third kappa shape index (κ3) is 4.17. The molecule has 27 heavy (non-hydrogen) atoms. The van der Waals surface area contributed by atoms with Gasteiger partial charge in [0, 0.05) is 5.02 Å². The molecule has 1 aliphatic heterocycles. The van der Waals surface area contributed by atoms with Crippen LogP contribution in [0.4, 0.5) is 11.4 Å². The number of carbonyl (C=O) groups excluding carboxylic acids is 2. The average molecular weight is 389 g/mol. The van der Waals surface area contributed by atoms with Crippen LogP contribution >= 0.6 is 11.6 Å². The summed E-state index contributed by atoms with van der Waals surface area (Å²) in [5, 5.41) is 3.58. The van der Waals surface area contributed by atoms with Gasteiger partial charge in [0.15, 0.2) is 0 Å². The summed E-state index contributed by atoms with van der Waals surface area (Å²) in [5.41, 5.74) is 1.09. The van der Waals surface area contributed by atoms with Crippen LogP contribution in [-0.2, 0) is 9.59 Å². The van der Waals surface area contributed by atoms with Gasteiger partial charge in [-0.1, -0.05) is 18.5 Å². The molecule has 0 spiro atoms. The molecular weight excluding hydrogens is 368 g/mol. The lowest BCUT2D eigenvalue weighted by Crippen LogP contribution is -2.34. The number of nitrogens with one attached hydrogen (secondary N) is 1. The molecule has 0 radical (unpaired) electrons. The summed E-state index contributed by atoms with van der Waals surface area (Å²) in [6.45, 7) is 2.65. The van der Waals surface area contributed by atoms with Crippen LogP contribution in [0.15, 0.2) is 42.5 Å². The van der Waals surface area contributed by atoms with Gasteiger partial charge in [-0.3, -0.25) is 9.59 Å². The van der Waals surface area contributed by atoms with Crippen LogP contribution in [0.3, 0.4) is 0 Å². The van der Waals surface area contributed by atoms with Crippen molar-refractivity contribution in [2.45, 2.75) is 25.8 Å². The van der Waals surface area contributed by atoms with Gasteiger partial charge in [-0.15, -0.1) is 0 Å². The van der Waals surface area contributed by atoms with E-state index in [0.29, 0.717) is 34.5 Å². The van der Waals surface area contributed by atoms with Gasteiger partial charge in [0.2, 0.25) is 5.91 Å². The van der Waals surface area contributed by atoms with E-state index >= 15 is 0 Å². The third-order valence-corrected chi connectivity index (χ3v) is 4.44. The van der Waals surface area contributed by atoms with Gasteiger partial charge in [0.1, 0.15) is 17.5 Å². The molecule has 1 atom stereocenters. The number of hydrogen-bond acceptors (Lipinski definition) is 5. The van der Waals surface area contributed by atoms with E-state index in [9.17, 15) is 9.59 Å². The van der Waals surface area contributed by atoms with Crippen molar-refractivity contribution in [1.82, 2.24) is 0 Å². The van der Waals surface area contributed by atoms with Crippen molar-refractivity contribution in [1.29, 1.82) is 0 Å². The Morgan fingerprint density at radius 2 is 1.93 bits per heavy atom. The molecule has 7 heteroatoms. The highest BCUT2D eigenvalue weighted by molar-refractivity contribution is 6.31. The molecule has 0 unspecified atom stereocenters. The van der Waals surface area contributed by atoms with E-state index in [1.54, 1.807) is 42.5 Å². The molecule has 142 valence electrons. The molecular formula is C20H21ClN2O4. The minimum atomic E-state index is -0.680. The molecule has 0 aromatic heterocycles. The summed E-state index contributed by atoms with van der Waals surface area (Å²) in [6, 6.07) is 11.3. The van der Waals surface area contributed by atoms with E-state index < -0.39 is 6.04 Å². The molecule has 1 aliphatic rings. The topological polar surface area (TPSA) is 67.9 Å². The number of benzene rings is 2. The summed E-state index contributed by atoms with van der Waals surface area (Å²) in [7, 11) is 1.53. The number of imide groups is 1. The zero-order valence-electron chi connectivity index (χ0n) is 15.2. The smallest absolute Gasteiger partial charge is 0.256 e. The van der Waals surface area contributed by atoms with Crippen LogP contribution < -0.4 is 19.7 Å². The van der Waals surface area contributed by atoms with Gasteiger partial charge in [-0.25, -0.2) is 4.90 Å². The molecule has 0 bridgehead atoms. The molecule has 1 N–H and O–H groups in total. The van der Waals surface area contributed by atoms with E-state index in [0.717, 1.165) is 6.42 Å². The van der Waals surface area contributed by atoms with Gasteiger partial charge in [0.25, 0.3) is 5.91 Å². The van der Waals surface area contributed by atoms with Gasteiger partial charge in [-0.2, -0.15) is 0 Å². The van der Waals surface area contributed by atoms with E-state index in [4.69, 9.17) is 21.1 Å². The summed E-state index contributed by atoms with van der Waals surface area (Å²) in [4.78, 5) is 26.4. The number of amides is 2. The number of hydrogen-bond donors (Lipinski definition) is 1. The summed E-state index contributed by atoms with van der Waals surface area (Å²) >= 11 is 6.03. The zero-order chi connectivity index (χ0) is 19.4. The van der Waals surface area contributed by atoms with Gasteiger partial charge in [0.05, 0.1) is 31.5 Å². The third-order valence-electron chi connectivity index (χ3n) is 4.21. The first-order valence-corrected chi connectivity index (χ1v) is 9.11. The molecule has 0 saturated carbocycles. The number of ether oxygens (including phenoxy) is 2. The van der Waals surface area contributed by atoms with Gasteiger partial charge < -0.3 is 14.8 Å². The van der Waals surface area contributed by atoms with Crippen LogP contribution in [0.5, 0.6) is 11.5 Å². The Kier molecular flexibility index (Phi) is 5.86. The molecule has 1 saturated heterocycles. The van der Waals surface area contributed by atoms with Crippen LogP contribution in [-0.4, -0.2) is 31.6 Å². The Morgan fingerprint density at radius 3 is 2.59 bits per heavy atom. The van der Waals surface area contributed by atoms with Crippen molar-refractivity contribution in [3.8, 4) is 11.5 Å². The van der Waals surface area contributed by atoms with Crippen LogP contribution in [0.25, 0.3) is 0 Å². The first-order valence-electron chi connectivity index (χ1n) is 8.73. The monoisotopic (exact) mass is 388 g/mol. The second kappa shape index (κ2) is 8.31. The Balaban J connectivity index is 1.76. The normalized spacial score (nSPS) is 16.6. The van der Waals surface area contributed by atoms with Gasteiger partial charge >= 0.3 is 0 Å². The predicted molar refractivity (Wildman–Crippen MR) is 105 cm³/mol. The lowest BCUT2D eigenvalue weighted by molar-refractivity contribution is -0.121. The van der Waals surface area contributed by atoms with Gasteiger partial charge in [-0.05, 0) is 48.9 Å². The fourth-order valence-electron chi connectivity index (χ4n) is 2.91. The van der Waals surface area contributed by atoms with Crippen molar-refractivity contribution >= 4 is 34.8 Å². The zero-order valence-corrected chi connectivity index (χ0v) is 16.0. The number of anilines is 2. The lowest BCUT2D eigenvalue weighted by Gasteiger charge is -2.18. The highest BCUT2D eigenvalue weighted by atomic mass is 35.5. The maximum atomic E-state index is 12.8. The van der Waals surface area contributed by atoms with Crippen LogP contribution in [0.1, 0.15) is 19.8 Å². The average Bonchev–Trinajstić information content (AvgIpc) is 2.94. The first-order chi connectivity index (χ1) is 13.0. The van der Waals surface area contributed by atoms with Crippen molar-refractivity contribution in [2.24, 2.45) is 0 Å². The molecule has 0 aliphatic carbocycles. The highest BCUT2D eigenvalue weighted by Gasteiger charge is 2.39. The second-order valence-electron chi connectivity index (χ2n) is 6.16. The molecule has 3 rings (SSSR count). The largest absolute Gasteiger partial charge is 0.495 e. The standard InChI is InChI=1S/C20H21ClN2O4/c1-3-10-27-15-7-5-14(6-8-15)23-19(24)12-17(20(23)25)22-16-11-13(21)4-9-18(16)26-2/h4-9,11,17,22H,3,10,12H2,1-2H3/t17-/m1/s1. The minimum absolute atomic E-state index is 0.0581. The van der Waals surface area contributed by atoms with E-state index in [1.807, 2.05) is 6.92 Å². The number of carbonyl (C=O) groups is 2. The fourth-order valence-corrected chi connectivity index (χ4v) is 3.08. The Hall–Kier alpha value is -2.73. The van der Waals surface area contributed by atoms with E-state index in [1.165, 1.54) is 12.0 Å². The first kappa shape index (κ1) is 19.0. The molecule has 1 fully saturated rings. The Morgan fingerprint density at radius 1 is 1.19 bits per heavy atom. The van der Waals surface area contributed by atoms with Crippen molar-refractivity contribution in [2.75, 3.05) is 23.9 Å². The van der Waals surface area contributed by atoms with Crippen molar-refractivity contribution < 1.29 is 19.1 Å². The molecule has 2 aromatic rings. The summed E-state index contributed by atoms with van der Waals surface area (Å²) in [5.74, 6) is 0.679. The Labute approximate surface area is 163 Å². The molecule has 1 heterocycles. The molecule has 6 nitrogen and oxygen atoms in total. The highest BCUT2D eigenvalue weighted by Crippen LogP contribution is 2.31. The quantitative estimate of drug-likeness (QED) is 0.729. The lowest BCUT2D eigenvalue weighted by atomic mass is 10.2. The predicted octanol–water partition coefficient (Wildman–Crippen LogP) is 3.88. The van der Waals surface area contributed by atoms with Crippen molar-refractivity contribution in [3.63, 3.8) is 0 Å². The second-order valence-corrected chi connectivity index (χ2v) is 6.59. The molecule has 2 aromatic carbocycles. The number of halogens is 1. The number of methoxy groups -OCH3 is 1. The van der Waals surface area contributed by atoms with Crippen LogP contribution in [0.2, 0.25) is 5.02 Å². The number of rotatable bonds is 7. The maximum absolute atomic E-state index is 12.8. The minimum Gasteiger partial charge on any atom is -0.495 e. The molecule has 2 amide bonds. The van der Waals surface area contributed by atoms with E-state index in [2.05, 4.69) is 5.32 Å². The van der Waals surface area contributed by atoms with Crippen molar-refractivity contribution in [3.05, 3.63) is 47.5 Å². The maximum Gasteiger partial charge on any atom is 0.256 e. The summed E-state index contributed by atoms with van der Waals surface area (Å²) < 4.78 is 10.8. The van der Waals surface area contributed by atoms with E-state index in [-0.39, 0.29) is 18.2 Å². The SMILES string of the molecule is CCCOc1ccc(N2C(=O)C[C@@H](Nc3cc(Cl)ccc3OC)C2=O)cc1.